The van der Waals surface area contributed by atoms with Gasteiger partial charge in [0, 0.05) is 43.2 Å². The van der Waals surface area contributed by atoms with Crippen LogP contribution in [-0.2, 0) is 25.1 Å². The lowest BCUT2D eigenvalue weighted by Crippen LogP contribution is -2.52. The van der Waals surface area contributed by atoms with Crippen molar-refractivity contribution in [2.45, 2.75) is 25.7 Å². The predicted octanol–water partition coefficient (Wildman–Crippen LogP) is 2.14. The number of barbiturate groups is 1. The highest BCUT2D eigenvalue weighted by Gasteiger charge is 2.39. The highest BCUT2D eigenvalue weighted by Crippen LogP contribution is 2.47. The maximum Gasteiger partial charge on any atom is 0.333 e. The molecule has 0 bridgehead atoms. The molecule has 1 aromatic rings. The van der Waals surface area contributed by atoms with Crippen molar-refractivity contribution >= 4 is 33.7 Å². The molecular weight excluding hydrogens is 446 g/mol. The summed E-state index contributed by atoms with van der Waals surface area (Å²) in [5, 5.41) is 0. The van der Waals surface area contributed by atoms with Gasteiger partial charge < -0.3 is 9.45 Å². The molecule has 1 aromatic carbocycles. The fraction of sp³-hybridized carbons (Fsp3) is 0.348. The molecule has 0 unspecified atom stereocenters. The number of hydrogen-bond donors (Lipinski definition) is 0. The van der Waals surface area contributed by atoms with Gasteiger partial charge >= 0.3 is 6.03 Å². The standard InChI is InChI=1S/C23H27N3O6S/c1-23(2)17-11-6-7-12-18(17)26(14-9-15-33(30,31)32)19(23)13-8-5-10-16-20(27)24(3)22(29)25(4)21(16)28/h5-8,10-13H,9,14-15H2,1-4H3,(H,30,31,32)/p-1. The Kier molecular flexibility index (Phi) is 6.62. The number of hydrogen-bond acceptors (Lipinski definition) is 7. The van der Waals surface area contributed by atoms with Gasteiger partial charge in [0.15, 0.2) is 0 Å². The molecule has 0 N–H and O–H groups in total. The van der Waals surface area contributed by atoms with Crippen LogP contribution in [0.2, 0.25) is 0 Å². The molecule has 2 aliphatic rings. The predicted molar refractivity (Wildman–Crippen MR) is 122 cm³/mol. The minimum Gasteiger partial charge on any atom is -0.748 e. The number of fused-ring (bicyclic) bond motifs is 1. The second-order valence-electron chi connectivity index (χ2n) is 8.44. The molecule has 33 heavy (non-hydrogen) atoms. The summed E-state index contributed by atoms with van der Waals surface area (Å²) < 4.78 is 33.2. The molecule has 0 atom stereocenters. The minimum absolute atomic E-state index is 0.124. The maximum absolute atomic E-state index is 12.3. The van der Waals surface area contributed by atoms with Crippen molar-refractivity contribution in [1.29, 1.82) is 0 Å². The van der Waals surface area contributed by atoms with Crippen molar-refractivity contribution < 1.29 is 27.4 Å². The second kappa shape index (κ2) is 8.95. The molecule has 3 rings (SSSR count). The Morgan fingerprint density at radius 1 is 0.970 bits per heavy atom. The van der Waals surface area contributed by atoms with Crippen LogP contribution in [0, 0.1) is 0 Å². The third kappa shape index (κ3) is 4.76. The van der Waals surface area contributed by atoms with Gasteiger partial charge in [0.25, 0.3) is 11.8 Å². The Bertz CT molecular complexity index is 1170. The third-order valence-corrected chi connectivity index (χ3v) is 6.64. The van der Waals surface area contributed by atoms with E-state index in [2.05, 4.69) is 0 Å². The number of rotatable bonds is 6. The fourth-order valence-corrected chi connectivity index (χ4v) is 4.56. The van der Waals surface area contributed by atoms with Crippen molar-refractivity contribution in [3.8, 4) is 0 Å². The van der Waals surface area contributed by atoms with Crippen LogP contribution in [0.4, 0.5) is 10.5 Å². The van der Waals surface area contributed by atoms with Gasteiger partial charge in [-0.3, -0.25) is 19.4 Å². The Morgan fingerprint density at radius 2 is 1.55 bits per heavy atom. The summed E-state index contributed by atoms with van der Waals surface area (Å²) in [7, 11) is -1.69. The number of benzene rings is 1. The molecule has 0 radical (unpaired) electrons. The average molecular weight is 473 g/mol. The number of amides is 4. The van der Waals surface area contributed by atoms with E-state index in [1.54, 1.807) is 12.2 Å². The summed E-state index contributed by atoms with van der Waals surface area (Å²) in [5.74, 6) is -1.80. The first-order valence-electron chi connectivity index (χ1n) is 10.4. The lowest BCUT2D eigenvalue weighted by molar-refractivity contribution is -0.134. The van der Waals surface area contributed by atoms with Crippen LogP contribution in [0.1, 0.15) is 25.8 Å². The van der Waals surface area contributed by atoms with Gasteiger partial charge in [-0.1, -0.05) is 44.2 Å². The number of allylic oxidation sites excluding steroid dienone is 5. The molecular formula is C23H26N3O6S-. The zero-order valence-corrected chi connectivity index (χ0v) is 19.8. The summed E-state index contributed by atoms with van der Waals surface area (Å²) in [6.07, 6.45) is 6.61. The van der Waals surface area contributed by atoms with Crippen molar-refractivity contribution in [3.05, 3.63) is 65.4 Å². The summed E-state index contributed by atoms with van der Waals surface area (Å²) >= 11 is 0. The van der Waals surface area contributed by atoms with Crippen molar-refractivity contribution in [3.63, 3.8) is 0 Å². The summed E-state index contributed by atoms with van der Waals surface area (Å²) in [5.41, 5.74) is 2.36. The highest BCUT2D eigenvalue weighted by atomic mass is 32.2. The molecule has 1 saturated heterocycles. The molecule has 0 aromatic heterocycles. The van der Waals surface area contributed by atoms with Crippen molar-refractivity contribution in [1.82, 2.24) is 9.80 Å². The molecule has 0 aliphatic carbocycles. The van der Waals surface area contributed by atoms with Crippen LogP contribution in [-0.4, -0.2) is 67.0 Å². The highest BCUT2D eigenvalue weighted by molar-refractivity contribution is 7.85. The van der Waals surface area contributed by atoms with Gasteiger partial charge in [-0.25, -0.2) is 13.2 Å². The molecule has 10 heteroatoms. The van der Waals surface area contributed by atoms with Crippen LogP contribution < -0.4 is 4.90 Å². The second-order valence-corrected chi connectivity index (χ2v) is 9.96. The molecule has 2 heterocycles. The van der Waals surface area contributed by atoms with Crippen LogP contribution in [0.25, 0.3) is 0 Å². The lowest BCUT2D eigenvalue weighted by Gasteiger charge is -2.28. The molecule has 0 spiro atoms. The van der Waals surface area contributed by atoms with E-state index >= 15 is 0 Å². The first-order chi connectivity index (χ1) is 15.4. The average Bonchev–Trinajstić information content (AvgIpc) is 2.96. The van der Waals surface area contributed by atoms with Crippen LogP contribution in [0.3, 0.4) is 0 Å². The maximum atomic E-state index is 12.3. The fourth-order valence-electron chi connectivity index (χ4n) is 4.07. The topological polar surface area (TPSA) is 118 Å². The first-order valence-corrected chi connectivity index (χ1v) is 11.9. The molecule has 4 amide bonds. The Balaban J connectivity index is 1.90. The smallest absolute Gasteiger partial charge is 0.333 e. The van der Waals surface area contributed by atoms with E-state index in [9.17, 15) is 27.4 Å². The first kappa shape index (κ1) is 24.4. The van der Waals surface area contributed by atoms with Gasteiger partial charge in [-0.15, -0.1) is 0 Å². The van der Waals surface area contributed by atoms with Crippen LogP contribution in [0.15, 0.2) is 59.8 Å². The van der Waals surface area contributed by atoms with Crippen LogP contribution in [0.5, 0.6) is 0 Å². The number of para-hydroxylation sites is 1. The third-order valence-electron chi connectivity index (χ3n) is 5.85. The van der Waals surface area contributed by atoms with E-state index < -0.39 is 39.1 Å². The largest absolute Gasteiger partial charge is 0.748 e. The van der Waals surface area contributed by atoms with E-state index in [0.29, 0.717) is 6.54 Å². The molecule has 2 aliphatic heterocycles. The van der Waals surface area contributed by atoms with Gasteiger partial charge in [0.2, 0.25) is 0 Å². The number of likely N-dealkylation sites (N-methyl/N-ethyl adjacent to an activating group) is 2. The van der Waals surface area contributed by atoms with E-state index in [0.717, 1.165) is 26.7 Å². The number of anilines is 1. The molecule has 9 nitrogen and oxygen atoms in total. The number of urea groups is 1. The molecule has 1 fully saturated rings. The minimum atomic E-state index is -4.31. The van der Waals surface area contributed by atoms with Gasteiger partial charge in [-0.05, 0) is 30.2 Å². The summed E-state index contributed by atoms with van der Waals surface area (Å²) in [6.45, 7) is 4.42. The van der Waals surface area contributed by atoms with Gasteiger partial charge in [0.1, 0.15) is 5.57 Å². The Labute approximate surface area is 193 Å². The van der Waals surface area contributed by atoms with E-state index in [4.69, 9.17) is 0 Å². The van der Waals surface area contributed by atoms with Gasteiger partial charge in [0.05, 0.1) is 10.1 Å². The number of carbonyl (C=O) groups excluding carboxylic acids is 3. The monoisotopic (exact) mass is 472 g/mol. The molecule has 0 saturated carbocycles. The summed E-state index contributed by atoms with van der Waals surface area (Å²) in [4.78, 5) is 40.2. The number of nitrogens with zero attached hydrogens (tertiary/aromatic N) is 3. The van der Waals surface area contributed by atoms with E-state index in [1.165, 1.54) is 20.2 Å². The van der Waals surface area contributed by atoms with E-state index in [1.807, 2.05) is 49.1 Å². The van der Waals surface area contributed by atoms with Crippen molar-refractivity contribution in [2.24, 2.45) is 0 Å². The molecule has 176 valence electrons. The Morgan fingerprint density at radius 3 is 2.15 bits per heavy atom. The summed E-state index contributed by atoms with van der Waals surface area (Å²) in [6, 6.07) is 7.08. The normalized spacial score (nSPS) is 19.8. The SMILES string of the molecule is CN1C(=O)C(=CC=CC=C2N(CCCS(=O)(=O)[O-])c3ccccc3C2(C)C)C(=O)N(C)C1=O. The van der Waals surface area contributed by atoms with E-state index in [-0.39, 0.29) is 12.0 Å². The number of carbonyl (C=O) groups is 3. The number of imide groups is 2. The van der Waals surface area contributed by atoms with Gasteiger partial charge in [-0.2, -0.15) is 0 Å². The lowest BCUT2D eigenvalue weighted by atomic mass is 9.84. The Hall–Kier alpha value is -3.24. The van der Waals surface area contributed by atoms with Crippen molar-refractivity contribution in [2.75, 3.05) is 31.3 Å². The zero-order valence-electron chi connectivity index (χ0n) is 18.9. The zero-order chi connectivity index (χ0) is 24.6. The van der Waals surface area contributed by atoms with Crippen LogP contribution >= 0.6 is 0 Å². The quantitative estimate of drug-likeness (QED) is 0.354.